The number of nitro benzene ring substituents is 1. The molecule has 1 aromatic heterocycles. The van der Waals surface area contributed by atoms with Gasteiger partial charge in [0.25, 0.3) is 0 Å². The summed E-state index contributed by atoms with van der Waals surface area (Å²) in [5, 5.41) is 27.4. The van der Waals surface area contributed by atoms with Crippen molar-refractivity contribution in [3.8, 4) is 5.75 Å². The number of nitrogens with zero attached hydrogens (tertiary/aromatic N) is 1. The van der Waals surface area contributed by atoms with E-state index >= 15 is 0 Å². The molecule has 1 unspecified atom stereocenters. The number of hydrogen-bond donors (Lipinski definition) is 3. The zero-order valence-electron chi connectivity index (χ0n) is 13.6. The third-order valence-electron chi connectivity index (χ3n) is 3.46. The standard InChI is InChI=1S/C16H15N3O6S/c1-8(15(20)21)6-10-3-5-13(26-10)16(22)25-12-4-2-9(14(17)18)7-11(12)19(23)24/h2-5,7-8H,6H2,1H3,(H3,17,18)(H,20,21). The number of amidine groups is 1. The minimum absolute atomic E-state index is 0.137. The van der Waals surface area contributed by atoms with E-state index in [0.717, 1.165) is 17.4 Å². The molecule has 4 N–H and O–H groups in total. The van der Waals surface area contributed by atoms with E-state index in [1.165, 1.54) is 18.2 Å². The molecular weight excluding hydrogens is 362 g/mol. The number of nitrogen functional groups attached to an aromatic ring is 1. The Hall–Kier alpha value is -3.27. The lowest BCUT2D eigenvalue weighted by Crippen LogP contribution is -2.13. The van der Waals surface area contributed by atoms with Crippen molar-refractivity contribution in [3.63, 3.8) is 0 Å². The number of carbonyl (C=O) groups is 2. The summed E-state index contributed by atoms with van der Waals surface area (Å²) in [5.74, 6) is -2.94. The van der Waals surface area contributed by atoms with Crippen LogP contribution >= 0.6 is 11.3 Å². The van der Waals surface area contributed by atoms with Gasteiger partial charge >= 0.3 is 17.6 Å². The first-order chi connectivity index (χ1) is 12.2. The van der Waals surface area contributed by atoms with E-state index in [-0.39, 0.29) is 28.4 Å². The first-order valence-corrected chi connectivity index (χ1v) is 8.17. The van der Waals surface area contributed by atoms with Crippen LogP contribution in [0.15, 0.2) is 30.3 Å². The minimum atomic E-state index is -0.941. The molecule has 0 aliphatic carbocycles. The van der Waals surface area contributed by atoms with Gasteiger partial charge in [-0.2, -0.15) is 0 Å². The first-order valence-electron chi connectivity index (χ1n) is 7.35. The normalized spacial score (nSPS) is 11.6. The van der Waals surface area contributed by atoms with Crippen LogP contribution in [0.4, 0.5) is 5.69 Å². The number of thiophene rings is 1. The smallest absolute Gasteiger partial charge is 0.353 e. The van der Waals surface area contributed by atoms with Crippen LogP contribution < -0.4 is 10.5 Å². The summed E-state index contributed by atoms with van der Waals surface area (Å²) in [6.45, 7) is 1.56. The highest BCUT2D eigenvalue weighted by atomic mass is 32.1. The molecule has 0 saturated carbocycles. The average molecular weight is 377 g/mol. The summed E-state index contributed by atoms with van der Waals surface area (Å²) >= 11 is 1.07. The molecule has 2 rings (SSSR count). The van der Waals surface area contributed by atoms with Gasteiger partial charge in [-0.3, -0.25) is 20.3 Å². The lowest BCUT2D eigenvalue weighted by molar-refractivity contribution is -0.385. The molecule has 26 heavy (non-hydrogen) atoms. The zero-order valence-corrected chi connectivity index (χ0v) is 14.4. The van der Waals surface area contributed by atoms with Crippen molar-refractivity contribution in [3.05, 3.63) is 55.8 Å². The maximum absolute atomic E-state index is 12.2. The van der Waals surface area contributed by atoms with Gasteiger partial charge in [0.1, 0.15) is 10.7 Å². The number of ether oxygens (including phenoxy) is 1. The Morgan fingerprint density at radius 1 is 1.38 bits per heavy atom. The second-order valence-electron chi connectivity index (χ2n) is 5.45. The van der Waals surface area contributed by atoms with Gasteiger partial charge in [-0.25, -0.2) is 4.79 Å². The Morgan fingerprint density at radius 3 is 2.65 bits per heavy atom. The van der Waals surface area contributed by atoms with Crippen LogP contribution in [-0.4, -0.2) is 27.8 Å². The van der Waals surface area contributed by atoms with Crippen molar-refractivity contribution in [2.75, 3.05) is 0 Å². The number of aliphatic carboxylic acids is 1. The molecule has 1 atom stereocenters. The molecule has 1 heterocycles. The molecule has 0 fully saturated rings. The van der Waals surface area contributed by atoms with Crippen LogP contribution in [0.2, 0.25) is 0 Å². The van der Waals surface area contributed by atoms with Gasteiger partial charge in [-0.05, 0) is 30.7 Å². The topological polar surface area (TPSA) is 157 Å². The van der Waals surface area contributed by atoms with E-state index in [0.29, 0.717) is 4.88 Å². The average Bonchev–Trinajstić information content (AvgIpc) is 3.03. The molecule has 0 saturated heterocycles. The number of benzene rings is 1. The van der Waals surface area contributed by atoms with Gasteiger partial charge in [0.2, 0.25) is 5.75 Å². The third-order valence-corrected chi connectivity index (χ3v) is 4.55. The van der Waals surface area contributed by atoms with Crippen molar-refractivity contribution in [2.24, 2.45) is 11.7 Å². The molecule has 2 aromatic rings. The molecule has 0 aliphatic heterocycles. The highest BCUT2D eigenvalue weighted by molar-refractivity contribution is 7.13. The SMILES string of the molecule is CC(Cc1ccc(C(=O)Oc2ccc(C(=N)N)cc2[N+](=O)[O-])s1)C(=O)O. The van der Waals surface area contributed by atoms with E-state index in [4.69, 9.17) is 21.0 Å². The zero-order chi connectivity index (χ0) is 19.4. The number of esters is 1. The quantitative estimate of drug-likeness (QED) is 0.167. The molecule has 0 spiro atoms. The summed E-state index contributed by atoms with van der Waals surface area (Å²) < 4.78 is 5.10. The fraction of sp³-hybridized carbons (Fsp3) is 0.188. The fourth-order valence-electron chi connectivity index (χ4n) is 2.05. The Morgan fingerprint density at radius 2 is 2.08 bits per heavy atom. The number of carbonyl (C=O) groups excluding carboxylic acids is 1. The Labute approximate surface area is 151 Å². The lowest BCUT2D eigenvalue weighted by atomic mass is 10.1. The molecular formula is C16H15N3O6S. The number of nitrogens with two attached hydrogens (primary N) is 1. The maximum atomic E-state index is 12.2. The van der Waals surface area contributed by atoms with E-state index < -0.39 is 28.5 Å². The van der Waals surface area contributed by atoms with Crippen molar-refractivity contribution in [1.29, 1.82) is 5.41 Å². The van der Waals surface area contributed by atoms with E-state index in [1.807, 2.05) is 0 Å². The summed E-state index contributed by atoms with van der Waals surface area (Å²) in [4.78, 5) is 34.4. The molecule has 9 nitrogen and oxygen atoms in total. The van der Waals surface area contributed by atoms with Gasteiger partial charge < -0.3 is 15.6 Å². The molecule has 0 radical (unpaired) electrons. The Bertz CT molecular complexity index is 892. The maximum Gasteiger partial charge on any atom is 0.353 e. The predicted molar refractivity (Wildman–Crippen MR) is 93.9 cm³/mol. The van der Waals surface area contributed by atoms with Crippen LogP contribution in [-0.2, 0) is 11.2 Å². The summed E-state index contributed by atoms with van der Waals surface area (Å²) in [7, 11) is 0. The Kier molecular flexibility index (Phi) is 5.68. The van der Waals surface area contributed by atoms with Gasteiger partial charge in [-0.15, -0.1) is 11.3 Å². The van der Waals surface area contributed by atoms with Crippen LogP contribution in [0.25, 0.3) is 0 Å². The Balaban J connectivity index is 2.20. The van der Waals surface area contributed by atoms with Crippen molar-refractivity contribution in [1.82, 2.24) is 0 Å². The second kappa shape index (κ2) is 7.74. The minimum Gasteiger partial charge on any atom is -0.481 e. The molecule has 0 bridgehead atoms. The summed E-state index contributed by atoms with van der Waals surface area (Å²) in [6, 6.07) is 6.69. The molecule has 0 aliphatic rings. The van der Waals surface area contributed by atoms with Crippen LogP contribution in [0.3, 0.4) is 0 Å². The number of nitrogens with one attached hydrogen (secondary N) is 1. The number of carboxylic acids is 1. The predicted octanol–water partition coefficient (Wildman–Crippen LogP) is 2.42. The number of carboxylic acid groups (broad SMARTS) is 1. The van der Waals surface area contributed by atoms with Crippen molar-refractivity contribution < 1.29 is 24.4 Å². The second-order valence-corrected chi connectivity index (χ2v) is 6.62. The molecule has 136 valence electrons. The third kappa shape index (κ3) is 4.42. The number of hydrogen-bond acceptors (Lipinski definition) is 7. The number of nitro groups is 1. The van der Waals surface area contributed by atoms with E-state index in [2.05, 4.69) is 0 Å². The monoisotopic (exact) mass is 377 g/mol. The fourth-order valence-corrected chi connectivity index (χ4v) is 3.06. The van der Waals surface area contributed by atoms with E-state index in [1.54, 1.807) is 13.0 Å². The van der Waals surface area contributed by atoms with Crippen LogP contribution in [0, 0.1) is 21.4 Å². The highest BCUT2D eigenvalue weighted by Gasteiger charge is 2.22. The molecule has 1 aromatic carbocycles. The van der Waals surface area contributed by atoms with Gasteiger partial charge in [0.15, 0.2) is 0 Å². The van der Waals surface area contributed by atoms with E-state index in [9.17, 15) is 19.7 Å². The summed E-state index contributed by atoms with van der Waals surface area (Å²) in [5.41, 5.74) is 4.95. The van der Waals surface area contributed by atoms with Gasteiger partial charge in [-0.1, -0.05) is 6.92 Å². The lowest BCUT2D eigenvalue weighted by Gasteiger charge is -2.06. The molecule has 10 heteroatoms. The largest absolute Gasteiger partial charge is 0.481 e. The van der Waals surface area contributed by atoms with Gasteiger partial charge in [0, 0.05) is 16.5 Å². The van der Waals surface area contributed by atoms with Crippen molar-refractivity contribution in [2.45, 2.75) is 13.3 Å². The highest BCUT2D eigenvalue weighted by Crippen LogP contribution is 2.29. The molecule has 0 amide bonds. The van der Waals surface area contributed by atoms with Crippen molar-refractivity contribution >= 4 is 34.8 Å². The van der Waals surface area contributed by atoms with Crippen LogP contribution in [0.5, 0.6) is 5.75 Å². The van der Waals surface area contributed by atoms with Crippen LogP contribution in [0.1, 0.15) is 27.0 Å². The number of rotatable bonds is 7. The summed E-state index contributed by atoms with van der Waals surface area (Å²) in [6.07, 6.45) is 0.265. The first kappa shape index (κ1) is 19.1. The van der Waals surface area contributed by atoms with Gasteiger partial charge in [0.05, 0.1) is 10.8 Å².